The van der Waals surface area contributed by atoms with Crippen LogP contribution in [0, 0.1) is 10.1 Å². The Labute approximate surface area is 148 Å². The summed E-state index contributed by atoms with van der Waals surface area (Å²) in [6.45, 7) is 0. The Morgan fingerprint density at radius 2 is 1.77 bits per heavy atom. The minimum atomic E-state index is -0.475. The second-order valence-corrected chi connectivity index (χ2v) is 5.28. The summed E-state index contributed by atoms with van der Waals surface area (Å²) in [5.41, 5.74) is 7.15. The number of nitrogens with two attached hydrogens (primary N) is 1. The maximum absolute atomic E-state index is 11.1. The van der Waals surface area contributed by atoms with Crippen molar-refractivity contribution in [1.82, 2.24) is 9.97 Å². The predicted molar refractivity (Wildman–Crippen MR) is 95.7 cm³/mol. The van der Waals surface area contributed by atoms with Gasteiger partial charge in [0.15, 0.2) is 11.5 Å². The third-order valence-corrected chi connectivity index (χ3v) is 3.84. The molecule has 0 aliphatic heterocycles. The summed E-state index contributed by atoms with van der Waals surface area (Å²) < 4.78 is 16.2. The SMILES string of the molecule is COc1cc2nc(N)nc(-c3cccc([N+](=O)[O-])c3)c2c(OC)c1OC. The number of methoxy groups -OCH3 is 3. The van der Waals surface area contributed by atoms with E-state index in [-0.39, 0.29) is 11.6 Å². The zero-order valence-corrected chi connectivity index (χ0v) is 14.3. The minimum Gasteiger partial charge on any atom is -0.493 e. The molecule has 2 aromatic carbocycles. The Hall–Kier alpha value is -3.62. The van der Waals surface area contributed by atoms with Crippen molar-refractivity contribution in [1.29, 1.82) is 0 Å². The molecule has 0 aliphatic rings. The van der Waals surface area contributed by atoms with Gasteiger partial charge in [-0.2, -0.15) is 0 Å². The van der Waals surface area contributed by atoms with Crippen LogP contribution < -0.4 is 19.9 Å². The molecule has 0 saturated carbocycles. The Kier molecular flexibility index (Phi) is 4.44. The maximum Gasteiger partial charge on any atom is 0.270 e. The van der Waals surface area contributed by atoms with E-state index in [9.17, 15) is 10.1 Å². The van der Waals surface area contributed by atoms with Crippen molar-refractivity contribution in [3.05, 3.63) is 40.4 Å². The van der Waals surface area contributed by atoms with Crippen LogP contribution in [0.4, 0.5) is 11.6 Å². The highest BCUT2D eigenvalue weighted by Gasteiger charge is 2.22. The number of benzene rings is 2. The first-order valence-electron chi connectivity index (χ1n) is 7.51. The topological polar surface area (TPSA) is 123 Å². The van der Waals surface area contributed by atoms with E-state index in [4.69, 9.17) is 19.9 Å². The van der Waals surface area contributed by atoms with Crippen LogP contribution in [-0.2, 0) is 0 Å². The standard InChI is InChI=1S/C17H16N4O5/c1-24-12-8-11-13(16(26-3)15(12)25-2)14(20-17(18)19-11)9-5-4-6-10(7-9)21(22)23/h4-8H,1-3H3,(H2,18,19,20). The number of nitrogen functional groups attached to an aromatic ring is 1. The summed E-state index contributed by atoms with van der Waals surface area (Å²) >= 11 is 0. The Balaban J connectivity index is 2.42. The van der Waals surface area contributed by atoms with Gasteiger partial charge >= 0.3 is 0 Å². The Morgan fingerprint density at radius 3 is 2.38 bits per heavy atom. The van der Waals surface area contributed by atoms with E-state index in [1.165, 1.54) is 33.5 Å². The third-order valence-electron chi connectivity index (χ3n) is 3.84. The van der Waals surface area contributed by atoms with Crippen LogP contribution in [-0.4, -0.2) is 36.2 Å². The van der Waals surface area contributed by atoms with Crippen LogP contribution in [0.25, 0.3) is 22.2 Å². The number of nitrogens with zero attached hydrogens (tertiary/aromatic N) is 3. The van der Waals surface area contributed by atoms with Gasteiger partial charge in [0, 0.05) is 23.8 Å². The molecule has 2 N–H and O–H groups in total. The molecular formula is C17H16N4O5. The molecule has 0 aliphatic carbocycles. The van der Waals surface area contributed by atoms with Gasteiger partial charge in [-0.05, 0) is 0 Å². The zero-order chi connectivity index (χ0) is 18.8. The number of fused-ring (bicyclic) bond motifs is 1. The van der Waals surface area contributed by atoms with Gasteiger partial charge in [-0.1, -0.05) is 12.1 Å². The second kappa shape index (κ2) is 6.71. The van der Waals surface area contributed by atoms with Crippen LogP contribution in [0.1, 0.15) is 0 Å². The van der Waals surface area contributed by atoms with Gasteiger partial charge in [-0.3, -0.25) is 10.1 Å². The van der Waals surface area contributed by atoms with Crippen molar-refractivity contribution in [2.24, 2.45) is 0 Å². The Morgan fingerprint density at radius 1 is 1.04 bits per heavy atom. The molecule has 1 aromatic heterocycles. The van der Waals surface area contributed by atoms with Gasteiger partial charge < -0.3 is 19.9 Å². The lowest BCUT2D eigenvalue weighted by molar-refractivity contribution is -0.384. The molecule has 0 saturated heterocycles. The van der Waals surface area contributed by atoms with Crippen molar-refractivity contribution in [3.63, 3.8) is 0 Å². The fourth-order valence-corrected chi connectivity index (χ4v) is 2.75. The molecule has 3 rings (SSSR count). The van der Waals surface area contributed by atoms with Crippen LogP contribution in [0.15, 0.2) is 30.3 Å². The smallest absolute Gasteiger partial charge is 0.270 e. The van der Waals surface area contributed by atoms with E-state index in [1.807, 2.05) is 0 Å². The number of ether oxygens (including phenoxy) is 3. The second-order valence-electron chi connectivity index (χ2n) is 5.28. The quantitative estimate of drug-likeness (QED) is 0.547. The van der Waals surface area contributed by atoms with E-state index in [0.29, 0.717) is 39.4 Å². The van der Waals surface area contributed by atoms with Crippen molar-refractivity contribution < 1.29 is 19.1 Å². The molecule has 0 amide bonds. The first-order valence-corrected chi connectivity index (χ1v) is 7.51. The van der Waals surface area contributed by atoms with Gasteiger partial charge in [0.25, 0.3) is 5.69 Å². The highest BCUT2D eigenvalue weighted by Crippen LogP contribution is 2.46. The van der Waals surface area contributed by atoms with Crippen LogP contribution in [0.3, 0.4) is 0 Å². The average Bonchev–Trinajstić information content (AvgIpc) is 2.65. The third kappa shape index (κ3) is 2.79. The van der Waals surface area contributed by atoms with Gasteiger partial charge in [0.2, 0.25) is 11.7 Å². The van der Waals surface area contributed by atoms with Gasteiger partial charge in [-0.15, -0.1) is 0 Å². The molecule has 0 bridgehead atoms. The fraction of sp³-hybridized carbons (Fsp3) is 0.176. The number of nitro benzene ring substituents is 1. The first kappa shape index (κ1) is 17.2. The van der Waals surface area contributed by atoms with Crippen LogP contribution in [0.2, 0.25) is 0 Å². The molecule has 26 heavy (non-hydrogen) atoms. The summed E-state index contributed by atoms with van der Waals surface area (Å²) in [6, 6.07) is 7.74. The number of nitro groups is 1. The summed E-state index contributed by atoms with van der Waals surface area (Å²) in [5.74, 6) is 1.15. The van der Waals surface area contributed by atoms with E-state index < -0.39 is 4.92 Å². The summed E-state index contributed by atoms with van der Waals surface area (Å²) in [5, 5.41) is 11.6. The molecule has 3 aromatic rings. The zero-order valence-electron chi connectivity index (χ0n) is 14.3. The predicted octanol–water partition coefficient (Wildman–Crippen LogP) is 2.81. The minimum absolute atomic E-state index is 0.0216. The number of non-ortho nitro benzene ring substituents is 1. The lowest BCUT2D eigenvalue weighted by Gasteiger charge is -2.16. The monoisotopic (exact) mass is 356 g/mol. The molecule has 0 atom stereocenters. The van der Waals surface area contributed by atoms with Crippen molar-refractivity contribution >= 4 is 22.5 Å². The molecule has 9 nitrogen and oxygen atoms in total. The largest absolute Gasteiger partial charge is 0.493 e. The van der Waals surface area contributed by atoms with E-state index >= 15 is 0 Å². The highest BCUT2D eigenvalue weighted by atomic mass is 16.6. The van der Waals surface area contributed by atoms with Gasteiger partial charge in [0.1, 0.15) is 0 Å². The van der Waals surface area contributed by atoms with Crippen molar-refractivity contribution in [3.8, 4) is 28.5 Å². The molecule has 134 valence electrons. The number of anilines is 1. The molecular weight excluding hydrogens is 340 g/mol. The number of hydrogen-bond donors (Lipinski definition) is 1. The van der Waals surface area contributed by atoms with Crippen LogP contribution >= 0.6 is 0 Å². The first-order chi connectivity index (χ1) is 12.5. The number of rotatable bonds is 5. The average molecular weight is 356 g/mol. The molecule has 1 heterocycles. The number of hydrogen-bond acceptors (Lipinski definition) is 8. The van der Waals surface area contributed by atoms with Crippen molar-refractivity contribution in [2.75, 3.05) is 27.1 Å². The van der Waals surface area contributed by atoms with Crippen LogP contribution in [0.5, 0.6) is 17.2 Å². The van der Waals surface area contributed by atoms with Gasteiger partial charge in [-0.25, -0.2) is 9.97 Å². The summed E-state index contributed by atoms with van der Waals surface area (Å²) in [4.78, 5) is 19.1. The van der Waals surface area contributed by atoms with Gasteiger partial charge in [0.05, 0.1) is 42.8 Å². The Bertz CT molecular complexity index is 1010. The normalized spacial score (nSPS) is 10.6. The van der Waals surface area contributed by atoms with E-state index in [2.05, 4.69) is 9.97 Å². The summed E-state index contributed by atoms with van der Waals surface area (Å²) in [6.07, 6.45) is 0. The highest BCUT2D eigenvalue weighted by molar-refractivity contribution is 6.01. The van der Waals surface area contributed by atoms with E-state index in [0.717, 1.165) is 0 Å². The lowest BCUT2D eigenvalue weighted by Crippen LogP contribution is -2.02. The number of aromatic nitrogens is 2. The summed E-state index contributed by atoms with van der Waals surface area (Å²) in [7, 11) is 4.46. The molecule has 0 fully saturated rings. The molecule has 0 radical (unpaired) electrons. The molecule has 0 unspecified atom stereocenters. The lowest BCUT2D eigenvalue weighted by atomic mass is 10.0. The fourth-order valence-electron chi connectivity index (χ4n) is 2.75. The van der Waals surface area contributed by atoms with E-state index in [1.54, 1.807) is 18.2 Å². The van der Waals surface area contributed by atoms with Crippen molar-refractivity contribution in [2.45, 2.75) is 0 Å². The maximum atomic E-state index is 11.1. The molecule has 9 heteroatoms. The molecule has 0 spiro atoms.